The number of ether oxygens (including phenoxy) is 3. The fraction of sp³-hybridized carbons (Fsp3) is 0.643. The fourth-order valence-electron chi connectivity index (χ4n) is 2.53. The van der Waals surface area contributed by atoms with Crippen molar-refractivity contribution in [1.82, 2.24) is 9.88 Å². The second kappa shape index (κ2) is 7.11. The zero-order chi connectivity index (χ0) is 14.5. The Balaban J connectivity index is 2.13. The molecule has 1 fully saturated rings. The number of rotatable bonds is 5. The van der Waals surface area contributed by atoms with Gasteiger partial charge >= 0.3 is 0 Å². The Morgan fingerprint density at radius 2 is 2.20 bits per heavy atom. The smallest absolute Gasteiger partial charge is 0.183 e. The van der Waals surface area contributed by atoms with Crippen LogP contribution in [0, 0.1) is 0 Å². The summed E-state index contributed by atoms with van der Waals surface area (Å²) in [7, 11) is 3.26. The molecule has 0 N–H and O–H groups in total. The molecular formula is C14H21ClN2O3. The number of aromatic nitrogens is 1. The van der Waals surface area contributed by atoms with Gasteiger partial charge in [-0.1, -0.05) is 0 Å². The summed E-state index contributed by atoms with van der Waals surface area (Å²) in [4.78, 5) is 6.69. The second-order valence-corrected chi connectivity index (χ2v) is 5.22. The molecule has 0 spiro atoms. The normalized spacial score (nSPS) is 23.6. The summed E-state index contributed by atoms with van der Waals surface area (Å²) in [5, 5.41) is 0. The standard InChI is InChI=1S/C14H21ClN2O3/c1-10-7-17(8-11(6-15)20-10)9-12-14(19-3)13(18-2)4-5-16-12/h4-5,10-11H,6-9H2,1-3H3. The maximum atomic E-state index is 5.91. The Morgan fingerprint density at radius 3 is 2.85 bits per heavy atom. The predicted octanol–water partition coefficient (Wildman–Crippen LogP) is 1.93. The largest absolute Gasteiger partial charge is 0.493 e. The van der Waals surface area contributed by atoms with Crippen LogP contribution in [0.1, 0.15) is 12.6 Å². The molecule has 0 aromatic carbocycles. The summed E-state index contributed by atoms with van der Waals surface area (Å²) in [6, 6.07) is 1.80. The van der Waals surface area contributed by atoms with E-state index < -0.39 is 0 Å². The lowest BCUT2D eigenvalue weighted by atomic mass is 10.2. The molecule has 1 aliphatic heterocycles. The number of halogens is 1. The fourth-order valence-corrected chi connectivity index (χ4v) is 2.70. The zero-order valence-corrected chi connectivity index (χ0v) is 12.9. The van der Waals surface area contributed by atoms with Gasteiger partial charge in [-0.3, -0.25) is 9.88 Å². The van der Waals surface area contributed by atoms with Crippen molar-refractivity contribution in [2.45, 2.75) is 25.7 Å². The van der Waals surface area contributed by atoms with E-state index in [9.17, 15) is 0 Å². The van der Waals surface area contributed by atoms with E-state index in [-0.39, 0.29) is 12.2 Å². The molecule has 1 aliphatic rings. The number of hydrogen-bond donors (Lipinski definition) is 0. The van der Waals surface area contributed by atoms with Gasteiger partial charge in [0.05, 0.1) is 26.4 Å². The first-order chi connectivity index (χ1) is 9.67. The average Bonchev–Trinajstić information content (AvgIpc) is 2.46. The molecular weight excluding hydrogens is 280 g/mol. The molecule has 1 saturated heterocycles. The van der Waals surface area contributed by atoms with Gasteiger partial charge in [-0.2, -0.15) is 0 Å². The predicted molar refractivity (Wildman–Crippen MR) is 77.7 cm³/mol. The van der Waals surface area contributed by atoms with Gasteiger partial charge in [-0.15, -0.1) is 11.6 Å². The number of methoxy groups -OCH3 is 2. The van der Waals surface area contributed by atoms with Crippen molar-refractivity contribution in [3.63, 3.8) is 0 Å². The Kier molecular flexibility index (Phi) is 5.46. The first-order valence-corrected chi connectivity index (χ1v) is 7.21. The molecule has 0 bridgehead atoms. The van der Waals surface area contributed by atoms with Crippen LogP contribution in [0.25, 0.3) is 0 Å². The minimum Gasteiger partial charge on any atom is -0.493 e. The van der Waals surface area contributed by atoms with Gasteiger partial charge in [0.15, 0.2) is 11.5 Å². The summed E-state index contributed by atoms with van der Waals surface area (Å²) < 4.78 is 16.5. The van der Waals surface area contributed by atoms with Crippen molar-refractivity contribution in [2.24, 2.45) is 0 Å². The van der Waals surface area contributed by atoms with Crippen LogP contribution in [0.2, 0.25) is 0 Å². The van der Waals surface area contributed by atoms with Gasteiger partial charge < -0.3 is 14.2 Å². The highest BCUT2D eigenvalue weighted by atomic mass is 35.5. The third kappa shape index (κ3) is 3.53. The van der Waals surface area contributed by atoms with Gasteiger partial charge in [-0.05, 0) is 6.92 Å². The van der Waals surface area contributed by atoms with E-state index in [2.05, 4.69) is 16.8 Å². The van der Waals surface area contributed by atoms with E-state index in [1.54, 1.807) is 26.5 Å². The van der Waals surface area contributed by atoms with Crippen LogP contribution in [0.5, 0.6) is 11.5 Å². The van der Waals surface area contributed by atoms with Crippen molar-refractivity contribution in [3.8, 4) is 11.5 Å². The Hall–Kier alpha value is -1.04. The maximum absolute atomic E-state index is 5.91. The van der Waals surface area contributed by atoms with Crippen molar-refractivity contribution >= 4 is 11.6 Å². The molecule has 0 saturated carbocycles. The number of morpholine rings is 1. The minimum absolute atomic E-state index is 0.0667. The second-order valence-electron chi connectivity index (χ2n) is 4.91. The quantitative estimate of drug-likeness (QED) is 0.778. The van der Waals surface area contributed by atoms with E-state index in [0.717, 1.165) is 18.8 Å². The molecule has 6 heteroatoms. The van der Waals surface area contributed by atoms with E-state index in [1.807, 2.05) is 0 Å². The van der Waals surface area contributed by atoms with Gasteiger partial charge in [0.25, 0.3) is 0 Å². The van der Waals surface area contributed by atoms with Crippen LogP contribution in [0.3, 0.4) is 0 Å². The topological polar surface area (TPSA) is 43.8 Å². The van der Waals surface area contributed by atoms with Crippen LogP contribution in [0.4, 0.5) is 0 Å². The first-order valence-electron chi connectivity index (χ1n) is 6.67. The molecule has 112 valence electrons. The van der Waals surface area contributed by atoms with Crippen LogP contribution < -0.4 is 9.47 Å². The van der Waals surface area contributed by atoms with E-state index in [4.69, 9.17) is 25.8 Å². The van der Waals surface area contributed by atoms with Gasteiger partial charge in [-0.25, -0.2) is 0 Å². The van der Waals surface area contributed by atoms with Crippen molar-refractivity contribution in [3.05, 3.63) is 18.0 Å². The molecule has 1 aromatic heterocycles. The van der Waals surface area contributed by atoms with Crippen molar-refractivity contribution in [1.29, 1.82) is 0 Å². The molecule has 2 heterocycles. The first kappa shape index (κ1) is 15.4. The maximum Gasteiger partial charge on any atom is 0.183 e. The molecule has 0 aliphatic carbocycles. The Labute approximate surface area is 124 Å². The number of alkyl halides is 1. The van der Waals surface area contributed by atoms with E-state index in [0.29, 0.717) is 23.9 Å². The minimum atomic E-state index is 0.0667. The molecule has 2 atom stereocenters. The Bertz CT molecular complexity index is 444. The van der Waals surface area contributed by atoms with Crippen LogP contribution in [-0.2, 0) is 11.3 Å². The molecule has 20 heavy (non-hydrogen) atoms. The average molecular weight is 301 g/mol. The van der Waals surface area contributed by atoms with Crippen LogP contribution in [0.15, 0.2) is 12.3 Å². The zero-order valence-electron chi connectivity index (χ0n) is 12.1. The summed E-state index contributed by atoms with van der Waals surface area (Å²) in [5.41, 5.74) is 0.870. The third-order valence-electron chi connectivity index (χ3n) is 3.31. The van der Waals surface area contributed by atoms with Gasteiger partial charge in [0, 0.05) is 37.8 Å². The lowest BCUT2D eigenvalue weighted by Crippen LogP contribution is -2.46. The lowest BCUT2D eigenvalue weighted by molar-refractivity contribution is -0.0693. The SMILES string of the molecule is COc1ccnc(CN2CC(C)OC(CCl)C2)c1OC. The highest BCUT2D eigenvalue weighted by Crippen LogP contribution is 2.30. The molecule has 1 aromatic rings. The molecule has 0 amide bonds. The van der Waals surface area contributed by atoms with Crippen molar-refractivity contribution in [2.75, 3.05) is 33.2 Å². The van der Waals surface area contributed by atoms with E-state index in [1.165, 1.54) is 0 Å². The number of nitrogens with zero attached hydrogens (tertiary/aromatic N) is 2. The highest BCUT2D eigenvalue weighted by molar-refractivity contribution is 6.18. The van der Waals surface area contributed by atoms with Crippen molar-refractivity contribution < 1.29 is 14.2 Å². The number of hydrogen-bond acceptors (Lipinski definition) is 5. The molecule has 2 rings (SSSR count). The summed E-state index contributed by atoms with van der Waals surface area (Å²) in [6.07, 6.45) is 1.97. The number of pyridine rings is 1. The Morgan fingerprint density at radius 1 is 1.40 bits per heavy atom. The summed E-state index contributed by atoms with van der Waals surface area (Å²) >= 11 is 5.91. The van der Waals surface area contributed by atoms with Gasteiger partial charge in [0.2, 0.25) is 0 Å². The highest BCUT2D eigenvalue weighted by Gasteiger charge is 2.26. The molecule has 0 radical (unpaired) electrons. The van der Waals surface area contributed by atoms with Gasteiger partial charge in [0.1, 0.15) is 5.69 Å². The van der Waals surface area contributed by atoms with Crippen LogP contribution in [-0.4, -0.2) is 55.3 Å². The monoisotopic (exact) mass is 300 g/mol. The van der Waals surface area contributed by atoms with Crippen LogP contribution >= 0.6 is 11.6 Å². The summed E-state index contributed by atoms with van der Waals surface area (Å²) in [5.74, 6) is 1.90. The molecule has 5 nitrogen and oxygen atoms in total. The lowest BCUT2D eigenvalue weighted by Gasteiger charge is -2.36. The summed E-state index contributed by atoms with van der Waals surface area (Å²) in [6.45, 7) is 4.41. The third-order valence-corrected chi connectivity index (χ3v) is 3.66. The molecule has 2 unspecified atom stereocenters. The van der Waals surface area contributed by atoms with E-state index >= 15 is 0 Å².